The average Bonchev–Trinajstić information content (AvgIpc) is 2.42. The van der Waals surface area contributed by atoms with Crippen LogP contribution < -0.4 is 4.72 Å². The molecule has 8 heteroatoms. The molecule has 0 aliphatic rings. The quantitative estimate of drug-likeness (QED) is 0.904. The molecule has 2 aromatic carbocycles. The second-order valence-corrected chi connectivity index (χ2v) is 6.20. The number of anilines is 1. The van der Waals surface area contributed by atoms with Gasteiger partial charge in [-0.05, 0) is 42.8 Å². The fraction of sp³-hybridized carbons (Fsp3) is 0.0714. The minimum atomic E-state index is -4.16. The van der Waals surface area contributed by atoms with Gasteiger partial charge in [0.1, 0.15) is 11.6 Å². The van der Waals surface area contributed by atoms with Crippen molar-refractivity contribution in [1.29, 1.82) is 0 Å². The maximum atomic E-state index is 13.4. The van der Waals surface area contributed by atoms with E-state index in [1.807, 2.05) is 0 Å². The van der Waals surface area contributed by atoms with Crippen molar-refractivity contribution >= 4 is 21.7 Å². The minimum Gasteiger partial charge on any atom is -0.478 e. The van der Waals surface area contributed by atoms with Crippen molar-refractivity contribution in [2.75, 3.05) is 4.72 Å². The SMILES string of the molecule is Cc1ccc(NS(=O)(=O)c2ccc(F)c(C(=O)O)c2)cc1F. The molecule has 0 heterocycles. The topological polar surface area (TPSA) is 83.5 Å². The summed E-state index contributed by atoms with van der Waals surface area (Å²) in [6, 6.07) is 6.11. The predicted molar refractivity (Wildman–Crippen MR) is 75.3 cm³/mol. The van der Waals surface area contributed by atoms with Crippen molar-refractivity contribution in [2.24, 2.45) is 0 Å². The molecule has 2 N–H and O–H groups in total. The summed E-state index contributed by atoms with van der Waals surface area (Å²) in [5.74, 6) is -3.23. The number of rotatable bonds is 4. The van der Waals surface area contributed by atoms with E-state index in [2.05, 4.69) is 4.72 Å². The Labute approximate surface area is 125 Å². The standard InChI is InChI=1S/C14H11F2NO4S/c1-8-2-3-9(6-13(8)16)17-22(20,21)10-4-5-12(15)11(7-10)14(18)19/h2-7,17H,1H3,(H,18,19). The number of hydrogen-bond acceptors (Lipinski definition) is 3. The number of aryl methyl sites for hydroxylation is 1. The van der Waals surface area contributed by atoms with Crippen molar-refractivity contribution in [3.8, 4) is 0 Å². The lowest BCUT2D eigenvalue weighted by Gasteiger charge is -2.09. The zero-order chi connectivity index (χ0) is 16.5. The Bertz CT molecular complexity index is 850. The fourth-order valence-electron chi connectivity index (χ4n) is 1.71. The molecule has 0 saturated carbocycles. The van der Waals surface area contributed by atoms with Gasteiger partial charge in [0.15, 0.2) is 0 Å². The van der Waals surface area contributed by atoms with Gasteiger partial charge in [-0.1, -0.05) is 6.07 Å². The Hall–Kier alpha value is -2.48. The van der Waals surface area contributed by atoms with E-state index in [0.717, 1.165) is 18.2 Å². The minimum absolute atomic E-state index is 0.0238. The van der Waals surface area contributed by atoms with E-state index in [0.29, 0.717) is 11.6 Å². The van der Waals surface area contributed by atoms with Crippen molar-refractivity contribution in [1.82, 2.24) is 0 Å². The number of carbonyl (C=O) groups is 1. The molecule has 0 amide bonds. The first-order valence-electron chi connectivity index (χ1n) is 6.02. The van der Waals surface area contributed by atoms with Gasteiger partial charge in [0, 0.05) is 0 Å². The fourth-order valence-corrected chi connectivity index (χ4v) is 2.78. The summed E-state index contributed by atoms with van der Waals surface area (Å²) in [4.78, 5) is 10.4. The monoisotopic (exact) mass is 327 g/mol. The second-order valence-electron chi connectivity index (χ2n) is 4.52. The molecular formula is C14H11F2NO4S. The lowest BCUT2D eigenvalue weighted by atomic mass is 10.2. The van der Waals surface area contributed by atoms with Crippen LogP contribution in [0.1, 0.15) is 15.9 Å². The molecule has 2 aromatic rings. The van der Waals surface area contributed by atoms with Crippen LogP contribution >= 0.6 is 0 Å². The van der Waals surface area contributed by atoms with E-state index < -0.39 is 38.1 Å². The third kappa shape index (κ3) is 3.22. The van der Waals surface area contributed by atoms with Gasteiger partial charge in [0.05, 0.1) is 16.1 Å². The smallest absolute Gasteiger partial charge is 0.338 e. The molecule has 0 saturated heterocycles. The molecule has 0 unspecified atom stereocenters. The zero-order valence-corrected chi connectivity index (χ0v) is 12.1. The molecule has 0 spiro atoms. The van der Waals surface area contributed by atoms with Gasteiger partial charge in [-0.25, -0.2) is 22.0 Å². The van der Waals surface area contributed by atoms with Crippen LogP contribution in [0.15, 0.2) is 41.3 Å². The van der Waals surface area contributed by atoms with E-state index >= 15 is 0 Å². The van der Waals surface area contributed by atoms with E-state index in [1.54, 1.807) is 0 Å². The number of halogens is 2. The van der Waals surface area contributed by atoms with Gasteiger partial charge in [0.25, 0.3) is 10.0 Å². The Kier molecular flexibility index (Phi) is 4.14. The Balaban J connectivity index is 2.40. The maximum absolute atomic E-state index is 13.4. The van der Waals surface area contributed by atoms with Crippen LogP contribution in [0.5, 0.6) is 0 Å². The summed E-state index contributed by atoms with van der Waals surface area (Å²) < 4.78 is 53.1. The van der Waals surface area contributed by atoms with Gasteiger partial charge in [-0.2, -0.15) is 0 Å². The number of nitrogens with one attached hydrogen (secondary N) is 1. The lowest BCUT2D eigenvalue weighted by Crippen LogP contribution is -2.14. The maximum Gasteiger partial charge on any atom is 0.338 e. The first kappa shape index (κ1) is 15.9. The molecule has 0 atom stereocenters. The number of benzene rings is 2. The third-order valence-electron chi connectivity index (χ3n) is 2.90. The highest BCUT2D eigenvalue weighted by Crippen LogP contribution is 2.20. The number of sulfonamides is 1. The highest BCUT2D eigenvalue weighted by molar-refractivity contribution is 7.92. The van der Waals surface area contributed by atoms with Crippen molar-refractivity contribution in [3.63, 3.8) is 0 Å². The Morgan fingerprint density at radius 1 is 1.09 bits per heavy atom. The van der Waals surface area contributed by atoms with Gasteiger partial charge >= 0.3 is 5.97 Å². The van der Waals surface area contributed by atoms with Crippen LogP contribution in [0.3, 0.4) is 0 Å². The van der Waals surface area contributed by atoms with Gasteiger partial charge in [-0.15, -0.1) is 0 Å². The molecule has 0 bridgehead atoms. The second kappa shape index (κ2) is 5.72. The normalized spacial score (nSPS) is 11.2. The first-order chi connectivity index (χ1) is 10.2. The third-order valence-corrected chi connectivity index (χ3v) is 4.28. The molecule has 0 aliphatic heterocycles. The van der Waals surface area contributed by atoms with Crippen LogP contribution in [-0.2, 0) is 10.0 Å². The van der Waals surface area contributed by atoms with Gasteiger partial charge in [-0.3, -0.25) is 4.72 Å². The molecule has 0 radical (unpaired) electrons. The highest BCUT2D eigenvalue weighted by atomic mass is 32.2. The molecule has 116 valence electrons. The summed E-state index contributed by atoms with van der Waals surface area (Å²) in [6.45, 7) is 1.52. The van der Waals surface area contributed by atoms with E-state index in [4.69, 9.17) is 5.11 Å². The van der Waals surface area contributed by atoms with Gasteiger partial charge in [0.2, 0.25) is 0 Å². The number of hydrogen-bond donors (Lipinski definition) is 2. The molecule has 22 heavy (non-hydrogen) atoms. The van der Waals surface area contributed by atoms with Crippen molar-refractivity contribution in [2.45, 2.75) is 11.8 Å². The van der Waals surface area contributed by atoms with Crippen LogP contribution in [-0.4, -0.2) is 19.5 Å². The molecule has 0 aromatic heterocycles. The molecular weight excluding hydrogens is 316 g/mol. The highest BCUT2D eigenvalue weighted by Gasteiger charge is 2.19. The van der Waals surface area contributed by atoms with E-state index in [-0.39, 0.29) is 5.69 Å². The molecule has 5 nitrogen and oxygen atoms in total. The molecule has 2 rings (SSSR count). The van der Waals surface area contributed by atoms with E-state index in [9.17, 15) is 22.0 Å². The van der Waals surface area contributed by atoms with E-state index in [1.165, 1.54) is 19.1 Å². The Morgan fingerprint density at radius 2 is 1.77 bits per heavy atom. The van der Waals surface area contributed by atoms with Crippen LogP contribution in [0, 0.1) is 18.6 Å². The first-order valence-corrected chi connectivity index (χ1v) is 7.51. The summed E-state index contributed by atoms with van der Waals surface area (Å²) in [5, 5.41) is 8.81. The van der Waals surface area contributed by atoms with Crippen LogP contribution in [0.25, 0.3) is 0 Å². The number of aromatic carboxylic acids is 1. The largest absolute Gasteiger partial charge is 0.478 e. The van der Waals surface area contributed by atoms with Crippen molar-refractivity contribution in [3.05, 3.63) is 59.2 Å². The summed E-state index contributed by atoms with van der Waals surface area (Å²) in [7, 11) is -4.16. The molecule has 0 aliphatic carbocycles. The van der Waals surface area contributed by atoms with Crippen LogP contribution in [0.2, 0.25) is 0 Å². The number of carboxylic acid groups (broad SMARTS) is 1. The van der Waals surface area contributed by atoms with Gasteiger partial charge < -0.3 is 5.11 Å². The summed E-state index contributed by atoms with van der Waals surface area (Å²) in [5.41, 5.74) is -0.444. The van der Waals surface area contributed by atoms with Crippen LogP contribution in [0.4, 0.5) is 14.5 Å². The lowest BCUT2D eigenvalue weighted by molar-refractivity contribution is 0.0691. The summed E-state index contributed by atoms with van der Waals surface area (Å²) in [6.07, 6.45) is 0. The summed E-state index contributed by atoms with van der Waals surface area (Å²) >= 11 is 0. The van der Waals surface area contributed by atoms with Crippen molar-refractivity contribution < 1.29 is 27.1 Å². The molecule has 0 fully saturated rings. The average molecular weight is 327 g/mol. The zero-order valence-electron chi connectivity index (χ0n) is 11.3. The number of carboxylic acids is 1. The predicted octanol–water partition coefficient (Wildman–Crippen LogP) is 2.77. The Morgan fingerprint density at radius 3 is 2.36 bits per heavy atom.